The number of Topliss-reactive ketones (excluding diaryl/α,β-unsaturated/α-hetero) is 1. The molecule has 1 fully saturated rings. The molecule has 0 unspecified atom stereocenters. The van der Waals surface area contributed by atoms with Crippen LogP contribution in [0.3, 0.4) is 0 Å². The number of carbonyl (C=O) groups is 3. The van der Waals surface area contributed by atoms with Crippen LogP contribution in [0.2, 0.25) is 0 Å². The van der Waals surface area contributed by atoms with Crippen molar-refractivity contribution in [1.29, 1.82) is 0 Å². The molecule has 23 heavy (non-hydrogen) atoms. The largest absolute Gasteiger partial charge is 0.454 e. The van der Waals surface area contributed by atoms with Gasteiger partial charge in [0.15, 0.2) is 17.3 Å². The van der Waals surface area contributed by atoms with E-state index in [-0.39, 0.29) is 42.8 Å². The lowest BCUT2D eigenvalue weighted by Crippen LogP contribution is -2.36. The van der Waals surface area contributed by atoms with Crippen molar-refractivity contribution in [3.63, 3.8) is 0 Å². The van der Waals surface area contributed by atoms with E-state index in [1.165, 1.54) is 0 Å². The van der Waals surface area contributed by atoms with Crippen LogP contribution in [0.25, 0.3) is 0 Å². The standard InChI is InChI=1S/C17H15NO5/c19-13(10-5-6-14-15(7-10)23-9-22-14)8-18-16(20)11-3-1-2-4-12(11)17(18)21/h1-2,5-7,11-12H,3-4,8-9H2/t11-,12-/m0/s1. The molecule has 0 spiro atoms. The van der Waals surface area contributed by atoms with Gasteiger partial charge in [0.25, 0.3) is 0 Å². The van der Waals surface area contributed by atoms with Crippen molar-refractivity contribution >= 4 is 17.6 Å². The number of nitrogens with zero attached hydrogens (tertiary/aromatic N) is 1. The summed E-state index contributed by atoms with van der Waals surface area (Å²) in [6.07, 6.45) is 5.00. The second kappa shape index (κ2) is 5.22. The molecule has 2 aliphatic heterocycles. The van der Waals surface area contributed by atoms with Gasteiger partial charge in [-0.25, -0.2) is 0 Å². The van der Waals surface area contributed by atoms with Crippen molar-refractivity contribution in [1.82, 2.24) is 4.90 Å². The van der Waals surface area contributed by atoms with Crippen molar-refractivity contribution in [2.45, 2.75) is 12.8 Å². The normalized spacial score (nSPS) is 25.0. The summed E-state index contributed by atoms with van der Waals surface area (Å²) in [5.74, 6) is -0.276. The van der Waals surface area contributed by atoms with Gasteiger partial charge in [0, 0.05) is 5.56 Å². The zero-order valence-corrected chi connectivity index (χ0v) is 12.4. The minimum Gasteiger partial charge on any atom is -0.454 e. The Morgan fingerprint density at radius 1 is 1.04 bits per heavy atom. The van der Waals surface area contributed by atoms with Crippen LogP contribution in [0.5, 0.6) is 11.5 Å². The number of hydrogen-bond acceptors (Lipinski definition) is 5. The number of allylic oxidation sites excluding steroid dienone is 2. The summed E-state index contributed by atoms with van der Waals surface area (Å²) < 4.78 is 10.5. The highest BCUT2D eigenvalue weighted by atomic mass is 16.7. The third kappa shape index (κ3) is 2.21. The van der Waals surface area contributed by atoms with Crippen molar-refractivity contribution in [3.8, 4) is 11.5 Å². The fourth-order valence-electron chi connectivity index (χ4n) is 3.33. The van der Waals surface area contributed by atoms with Crippen LogP contribution in [0.4, 0.5) is 0 Å². The highest BCUT2D eigenvalue weighted by Gasteiger charge is 2.47. The minimum atomic E-state index is -0.308. The molecule has 0 N–H and O–H groups in total. The van der Waals surface area contributed by atoms with Crippen LogP contribution < -0.4 is 9.47 Å². The Kier molecular flexibility index (Phi) is 3.18. The van der Waals surface area contributed by atoms with Gasteiger partial charge in [-0.15, -0.1) is 0 Å². The van der Waals surface area contributed by atoms with Gasteiger partial charge < -0.3 is 9.47 Å². The molecular weight excluding hydrogens is 298 g/mol. The van der Waals surface area contributed by atoms with Gasteiger partial charge in [-0.3, -0.25) is 19.3 Å². The lowest BCUT2D eigenvalue weighted by Gasteiger charge is -2.14. The molecule has 2 amide bonds. The average molecular weight is 313 g/mol. The maximum atomic E-state index is 12.4. The molecule has 2 heterocycles. The van der Waals surface area contributed by atoms with E-state index in [0.29, 0.717) is 29.9 Å². The van der Waals surface area contributed by atoms with Crippen molar-refractivity contribution in [2.24, 2.45) is 11.8 Å². The lowest BCUT2D eigenvalue weighted by atomic mass is 9.85. The van der Waals surface area contributed by atoms with E-state index >= 15 is 0 Å². The summed E-state index contributed by atoms with van der Waals surface area (Å²) >= 11 is 0. The van der Waals surface area contributed by atoms with E-state index in [9.17, 15) is 14.4 Å². The van der Waals surface area contributed by atoms with Gasteiger partial charge in [0.05, 0.1) is 18.4 Å². The molecule has 0 radical (unpaired) electrons. The monoisotopic (exact) mass is 313 g/mol. The summed E-state index contributed by atoms with van der Waals surface area (Å²) in [6.45, 7) is -0.0866. The number of ketones is 1. The van der Waals surface area contributed by atoms with Crippen LogP contribution in [0.1, 0.15) is 23.2 Å². The smallest absolute Gasteiger partial charge is 0.233 e. The number of likely N-dealkylation sites (tertiary alicyclic amines) is 1. The van der Waals surface area contributed by atoms with Crippen molar-refractivity contribution < 1.29 is 23.9 Å². The number of amides is 2. The van der Waals surface area contributed by atoms with Crippen molar-refractivity contribution in [3.05, 3.63) is 35.9 Å². The van der Waals surface area contributed by atoms with E-state index in [1.54, 1.807) is 18.2 Å². The summed E-state index contributed by atoms with van der Waals surface area (Å²) in [5.41, 5.74) is 0.405. The van der Waals surface area contributed by atoms with Gasteiger partial charge in [-0.2, -0.15) is 0 Å². The Hall–Kier alpha value is -2.63. The SMILES string of the molecule is O=C(CN1C(=O)[C@H]2CC=CC[C@@H]2C1=O)c1ccc2c(c1)OCO2. The highest BCUT2D eigenvalue weighted by Crippen LogP contribution is 2.36. The predicted molar refractivity (Wildman–Crippen MR) is 79.0 cm³/mol. The lowest BCUT2D eigenvalue weighted by molar-refractivity contribution is -0.139. The van der Waals surface area contributed by atoms with Gasteiger partial charge >= 0.3 is 0 Å². The molecule has 0 bridgehead atoms. The molecular formula is C17H15NO5. The van der Waals surface area contributed by atoms with Gasteiger partial charge in [-0.1, -0.05) is 12.2 Å². The highest BCUT2D eigenvalue weighted by molar-refractivity contribution is 6.10. The predicted octanol–water partition coefficient (Wildman–Crippen LogP) is 1.55. The molecule has 118 valence electrons. The summed E-state index contributed by atoms with van der Waals surface area (Å²) in [7, 11) is 0. The Balaban J connectivity index is 1.53. The summed E-state index contributed by atoms with van der Waals surface area (Å²) in [4.78, 5) is 38.3. The molecule has 3 aliphatic rings. The summed E-state index contributed by atoms with van der Waals surface area (Å²) in [5, 5.41) is 0. The molecule has 4 rings (SSSR count). The number of rotatable bonds is 3. The molecule has 1 saturated heterocycles. The van der Waals surface area contributed by atoms with Gasteiger partial charge in [0.2, 0.25) is 18.6 Å². The van der Waals surface area contributed by atoms with E-state index in [2.05, 4.69) is 0 Å². The fraction of sp³-hybridized carbons (Fsp3) is 0.353. The first-order valence-electron chi connectivity index (χ1n) is 7.58. The first kappa shape index (κ1) is 14.0. The van der Waals surface area contributed by atoms with Crippen molar-refractivity contribution in [2.75, 3.05) is 13.3 Å². The van der Waals surface area contributed by atoms with Gasteiger partial charge in [0.1, 0.15) is 0 Å². The number of ether oxygens (including phenoxy) is 2. The number of hydrogen-bond donors (Lipinski definition) is 0. The zero-order valence-electron chi connectivity index (χ0n) is 12.4. The Bertz CT molecular complexity index is 712. The Morgan fingerprint density at radius 3 is 2.39 bits per heavy atom. The van der Waals surface area contributed by atoms with Crippen LogP contribution in [0, 0.1) is 11.8 Å². The van der Waals surface area contributed by atoms with Crippen LogP contribution in [0.15, 0.2) is 30.4 Å². The third-order valence-electron chi connectivity index (χ3n) is 4.60. The second-order valence-corrected chi connectivity index (χ2v) is 5.91. The third-order valence-corrected chi connectivity index (χ3v) is 4.60. The minimum absolute atomic E-state index is 0.131. The summed E-state index contributed by atoms with van der Waals surface area (Å²) in [6, 6.07) is 4.87. The van der Waals surface area contributed by atoms with E-state index in [1.807, 2.05) is 12.2 Å². The maximum Gasteiger partial charge on any atom is 0.233 e. The number of fused-ring (bicyclic) bond motifs is 2. The van der Waals surface area contributed by atoms with Crippen LogP contribution in [-0.2, 0) is 9.59 Å². The topological polar surface area (TPSA) is 72.9 Å². The van der Waals surface area contributed by atoms with Crippen LogP contribution in [-0.4, -0.2) is 35.8 Å². The molecule has 0 saturated carbocycles. The van der Waals surface area contributed by atoms with E-state index in [4.69, 9.17) is 9.47 Å². The average Bonchev–Trinajstić information content (AvgIpc) is 3.13. The Labute approximate surface area is 132 Å². The van der Waals surface area contributed by atoms with Gasteiger partial charge in [-0.05, 0) is 31.0 Å². The molecule has 1 aliphatic carbocycles. The number of carbonyl (C=O) groups excluding carboxylic acids is 3. The van der Waals surface area contributed by atoms with E-state index in [0.717, 1.165) is 4.90 Å². The zero-order chi connectivity index (χ0) is 16.0. The quantitative estimate of drug-likeness (QED) is 0.481. The molecule has 6 heteroatoms. The molecule has 1 aromatic carbocycles. The Morgan fingerprint density at radius 2 is 1.70 bits per heavy atom. The molecule has 6 nitrogen and oxygen atoms in total. The molecule has 2 atom stereocenters. The molecule has 1 aromatic rings. The number of benzene rings is 1. The molecule has 0 aromatic heterocycles. The van der Waals surface area contributed by atoms with Crippen LogP contribution >= 0.6 is 0 Å². The van der Waals surface area contributed by atoms with E-state index < -0.39 is 0 Å². The first-order valence-corrected chi connectivity index (χ1v) is 7.58. The number of imide groups is 1. The second-order valence-electron chi connectivity index (χ2n) is 5.91. The maximum absolute atomic E-state index is 12.4. The fourth-order valence-corrected chi connectivity index (χ4v) is 3.33. The first-order chi connectivity index (χ1) is 11.1.